The largest absolute Gasteiger partial charge is 0.368 e. The Hall–Kier alpha value is -1.21. The molecule has 1 saturated heterocycles. The summed E-state index contributed by atoms with van der Waals surface area (Å²) in [6, 6.07) is 0. The normalized spacial score (nSPS) is 25.3. The second-order valence-corrected chi connectivity index (χ2v) is 8.00. The number of ether oxygens (including phenoxy) is 1. The van der Waals surface area contributed by atoms with Crippen LogP contribution in [-0.2, 0) is 15.8 Å². The fourth-order valence-electron chi connectivity index (χ4n) is 2.45. The molecule has 21 heavy (non-hydrogen) atoms. The number of aromatic nitrogens is 4. The summed E-state index contributed by atoms with van der Waals surface area (Å²) in [5.74, 6) is -0.520. The van der Waals surface area contributed by atoms with E-state index < -0.39 is 13.2 Å². The molecule has 114 valence electrons. The maximum Gasteiger partial charge on any atom is 0.225 e. The number of nitrogens with two attached hydrogens (primary N) is 1. The molecule has 1 aliphatic rings. The van der Waals surface area contributed by atoms with Gasteiger partial charge < -0.3 is 19.9 Å². The summed E-state index contributed by atoms with van der Waals surface area (Å²) < 4.78 is 19.0. The van der Waals surface area contributed by atoms with Crippen LogP contribution in [0.1, 0.15) is 12.8 Å². The quantitative estimate of drug-likeness (QED) is 0.646. The van der Waals surface area contributed by atoms with E-state index in [1.165, 1.54) is 6.66 Å². The van der Waals surface area contributed by atoms with Gasteiger partial charge in [0.15, 0.2) is 10.8 Å². The van der Waals surface area contributed by atoms with Crippen LogP contribution in [0.5, 0.6) is 0 Å². The molecule has 0 bridgehead atoms. The Balaban J connectivity index is 1.82. The molecule has 3 heterocycles. The van der Waals surface area contributed by atoms with Crippen molar-refractivity contribution in [3.05, 3.63) is 11.5 Å². The topological polar surface area (TPSA) is 116 Å². The summed E-state index contributed by atoms with van der Waals surface area (Å²) in [6.45, 7) is 1.79. The molecule has 3 unspecified atom stereocenters. The summed E-state index contributed by atoms with van der Waals surface area (Å²) in [6.07, 6.45) is 2.70. The predicted molar refractivity (Wildman–Crippen MR) is 78.4 cm³/mol. The molecule has 0 amide bonds. The molecule has 3 rings (SSSR count). The average molecular weight is 332 g/mol. The monoisotopic (exact) mass is 331 g/mol. The number of fused-ring (bicyclic) bond motifs is 1. The minimum atomic E-state index is -3.22. The smallest absolute Gasteiger partial charge is 0.225 e. The van der Waals surface area contributed by atoms with E-state index >= 15 is 0 Å². The van der Waals surface area contributed by atoms with Gasteiger partial charge in [-0.1, -0.05) is 11.6 Å². The van der Waals surface area contributed by atoms with Crippen molar-refractivity contribution in [2.45, 2.75) is 31.3 Å². The zero-order chi connectivity index (χ0) is 15.2. The minimum Gasteiger partial charge on any atom is -0.368 e. The van der Waals surface area contributed by atoms with Crippen molar-refractivity contribution < 1.29 is 14.2 Å². The van der Waals surface area contributed by atoms with Crippen molar-refractivity contribution >= 4 is 36.1 Å². The third kappa shape index (κ3) is 2.89. The van der Waals surface area contributed by atoms with Gasteiger partial charge in [-0.25, -0.2) is 4.98 Å². The van der Waals surface area contributed by atoms with Gasteiger partial charge in [-0.3, -0.25) is 4.57 Å². The molecule has 10 heteroatoms. The Bertz CT molecular complexity index is 730. The first kappa shape index (κ1) is 14.7. The maximum atomic E-state index is 11.6. The van der Waals surface area contributed by atoms with Gasteiger partial charge in [-0.2, -0.15) is 9.97 Å². The van der Waals surface area contributed by atoms with Crippen molar-refractivity contribution in [2.24, 2.45) is 0 Å². The number of hydrogen-bond donors (Lipinski definition) is 2. The highest BCUT2D eigenvalue weighted by molar-refractivity contribution is 7.57. The molecule has 3 atom stereocenters. The van der Waals surface area contributed by atoms with Gasteiger partial charge in [0.25, 0.3) is 0 Å². The number of rotatable bonds is 3. The van der Waals surface area contributed by atoms with Crippen LogP contribution in [0.25, 0.3) is 11.2 Å². The van der Waals surface area contributed by atoms with Gasteiger partial charge in [0.05, 0.1) is 19.0 Å². The molecule has 0 saturated carbocycles. The first-order valence-corrected chi connectivity index (χ1v) is 8.99. The number of imidazole rings is 1. The molecule has 1 aliphatic heterocycles. The van der Waals surface area contributed by atoms with E-state index in [1.54, 1.807) is 10.9 Å². The standard InChI is InChI=1S/C11H15ClN5O3P/c1-21(18,19)7-3-2-6(20-7)4-17-5-14-8-9(12)15-11(13)16-10(8)17/h5-7H,2-4H2,1H3,(H,18,19)(H2,13,15,16). The van der Waals surface area contributed by atoms with E-state index in [1.807, 2.05) is 0 Å². The molecule has 8 nitrogen and oxygen atoms in total. The second-order valence-electron chi connectivity index (χ2n) is 5.18. The molecule has 0 aromatic carbocycles. The molecule has 3 N–H and O–H groups in total. The molecule has 2 aromatic heterocycles. The third-order valence-corrected chi connectivity index (χ3v) is 5.17. The van der Waals surface area contributed by atoms with E-state index in [-0.39, 0.29) is 17.2 Å². The lowest BCUT2D eigenvalue weighted by molar-refractivity contribution is 0.0699. The molecular formula is C11H15ClN5O3P. The average Bonchev–Trinajstić information content (AvgIpc) is 2.97. The van der Waals surface area contributed by atoms with Gasteiger partial charge in [0.2, 0.25) is 13.3 Å². The van der Waals surface area contributed by atoms with Gasteiger partial charge >= 0.3 is 0 Å². The van der Waals surface area contributed by atoms with E-state index in [2.05, 4.69) is 15.0 Å². The first-order valence-electron chi connectivity index (χ1n) is 6.44. The van der Waals surface area contributed by atoms with Crippen LogP contribution in [0.15, 0.2) is 6.33 Å². The van der Waals surface area contributed by atoms with Gasteiger partial charge in [-0.05, 0) is 12.8 Å². The number of anilines is 1. The van der Waals surface area contributed by atoms with E-state index in [0.717, 1.165) is 0 Å². The SMILES string of the molecule is CP(=O)(O)C1CCC(Cn2cnc3c(Cl)nc(N)nc32)O1. The van der Waals surface area contributed by atoms with E-state index in [9.17, 15) is 9.46 Å². The molecule has 2 aromatic rings. The lowest BCUT2D eigenvalue weighted by atomic mass is 10.2. The van der Waals surface area contributed by atoms with Crippen LogP contribution >= 0.6 is 19.0 Å². The Kier molecular flexibility index (Phi) is 3.65. The zero-order valence-electron chi connectivity index (χ0n) is 11.3. The van der Waals surface area contributed by atoms with Crippen LogP contribution in [0, 0.1) is 0 Å². The van der Waals surface area contributed by atoms with Crippen molar-refractivity contribution in [2.75, 3.05) is 12.4 Å². The fraction of sp³-hybridized carbons (Fsp3) is 0.545. The summed E-state index contributed by atoms with van der Waals surface area (Å²) >= 11 is 5.97. The minimum absolute atomic E-state index is 0.0767. The molecular weight excluding hydrogens is 317 g/mol. The lowest BCUT2D eigenvalue weighted by Gasteiger charge is -2.16. The summed E-state index contributed by atoms with van der Waals surface area (Å²) in [5.41, 5.74) is 6.60. The summed E-state index contributed by atoms with van der Waals surface area (Å²) in [7, 11) is -3.22. The van der Waals surface area contributed by atoms with Crippen LogP contribution in [0.4, 0.5) is 5.95 Å². The van der Waals surface area contributed by atoms with Gasteiger partial charge in [0.1, 0.15) is 11.4 Å². The third-order valence-electron chi connectivity index (χ3n) is 3.46. The van der Waals surface area contributed by atoms with Crippen molar-refractivity contribution in [3.8, 4) is 0 Å². The number of nitrogen functional groups attached to an aromatic ring is 1. The van der Waals surface area contributed by atoms with Crippen LogP contribution in [0.2, 0.25) is 5.15 Å². The number of halogens is 1. The van der Waals surface area contributed by atoms with Gasteiger partial charge in [-0.15, -0.1) is 0 Å². The first-order chi connectivity index (χ1) is 9.84. The Labute approximate surface area is 125 Å². The van der Waals surface area contributed by atoms with Crippen LogP contribution in [0.3, 0.4) is 0 Å². The summed E-state index contributed by atoms with van der Waals surface area (Å²) in [4.78, 5) is 21.7. The van der Waals surface area contributed by atoms with Crippen molar-refractivity contribution in [3.63, 3.8) is 0 Å². The Morgan fingerprint density at radius 2 is 2.33 bits per heavy atom. The second kappa shape index (κ2) is 5.21. The van der Waals surface area contributed by atoms with Crippen molar-refractivity contribution in [1.29, 1.82) is 0 Å². The Morgan fingerprint density at radius 3 is 3.00 bits per heavy atom. The molecule has 1 fully saturated rings. The summed E-state index contributed by atoms with van der Waals surface area (Å²) in [5, 5.41) is 0.204. The van der Waals surface area contributed by atoms with E-state index in [4.69, 9.17) is 22.1 Å². The zero-order valence-corrected chi connectivity index (χ0v) is 13.0. The molecule has 0 spiro atoms. The highest BCUT2D eigenvalue weighted by atomic mass is 35.5. The fourth-order valence-corrected chi connectivity index (χ4v) is 3.70. The Morgan fingerprint density at radius 1 is 1.57 bits per heavy atom. The van der Waals surface area contributed by atoms with Gasteiger partial charge in [0, 0.05) is 6.66 Å². The maximum absolute atomic E-state index is 11.6. The highest BCUT2D eigenvalue weighted by Gasteiger charge is 2.35. The lowest BCUT2D eigenvalue weighted by Crippen LogP contribution is -2.17. The number of nitrogens with zero attached hydrogens (tertiary/aromatic N) is 4. The number of hydrogen-bond acceptors (Lipinski definition) is 6. The highest BCUT2D eigenvalue weighted by Crippen LogP contribution is 2.48. The van der Waals surface area contributed by atoms with Crippen LogP contribution < -0.4 is 5.73 Å². The molecule has 0 aliphatic carbocycles. The molecule has 0 radical (unpaired) electrons. The van der Waals surface area contributed by atoms with E-state index in [0.29, 0.717) is 30.6 Å². The van der Waals surface area contributed by atoms with Crippen molar-refractivity contribution in [1.82, 2.24) is 19.5 Å². The predicted octanol–water partition coefficient (Wildman–Crippen LogP) is 1.47. The van der Waals surface area contributed by atoms with Crippen LogP contribution in [-0.4, -0.2) is 43.0 Å².